The van der Waals surface area contributed by atoms with Gasteiger partial charge in [-0.15, -0.1) is 0 Å². The van der Waals surface area contributed by atoms with Gasteiger partial charge in [0.15, 0.2) is 0 Å². The number of nitrogens with zero attached hydrogens (tertiary/aromatic N) is 1. The number of H-pyrrole nitrogens is 1. The van der Waals surface area contributed by atoms with Crippen LogP contribution in [-0.2, 0) is 0 Å². The number of nitrogens with one attached hydrogen (secondary N) is 1. The number of hydrogen-bond donors (Lipinski definition) is 1. The third kappa shape index (κ3) is 1.82. The first kappa shape index (κ1) is 11.4. The lowest BCUT2D eigenvalue weighted by molar-refractivity contribution is 0.630. The van der Waals surface area contributed by atoms with Crippen LogP contribution in [0.2, 0.25) is 0 Å². The van der Waals surface area contributed by atoms with Crippen LogP contribution in [0, 0.1) is 12.7 Å². The van der Waals surface area contributed by atoms with E-state index in [2.05, 4.69) is 25.9 Å². The summed E-state index contributed by atoms with van der Waals surface area (Å²) in [6, 6.07) is 10.7. The number of para-hydroxylation sites is 1. The van der Waals surface area contributed by atoms with E-state index >= 15 is 0 Å². The summed E-state index contributed by atoms with van der Waals surface area (Å²) in [7, 11) is 0. The second-order valence-electron chi connectivity index (χ2n) is 4.18. The van der Waals surface area contributed by atoms with Gasteiger partial charge in [-0.1, -0.05) is 28.1 Å². The van der Waals surface area contributed by atoms with E-state index in [-0.39, 0.29) is 5.82 Å². The molecule has 0 atom stereocenters. The number of aryl methyl sites for hydroxylation is 1. The van der Waals surface area contributed by atoms with Crippen molar-refractivity contribution in [2.45, 2.75) is 6.92 Å². The van der Waals surface area contributed by atoms with E-state index in [9.17, 15) is 4.39 Å². The lowest BCUT2D eigenvalue weighted by atomic mass is 10.2. The largest absolute Gasteiger partial charge is 0.338 e. The van der Waals surface area contributed by atoms with Crippen molar-refractivity contribution in [2.24, 2.45) is 0 Å². The average molecular weight is 305 g/mol. The second-order valence-corrected chi connectivity index (χ2v) is 5.10. The highest BCUT2D eigenvalue weighted by Gasteiger charge is 2.11. The van der Waals surface area contributed by atoms with Crippen LogP contribution < -0.4 is 0 Å². The van der Waals surface area contributed by atoms with Crippen LogP contribution in [0.1, 0.15) is 5.56 Å². The molecule has 4 heteroatoms. The molecular formula is C14H10BrFN2. The minimum atomic E-state index is -0.282. The molecule has 2 nitrogen and oxygen atoms in total. The monoisotopic (exact) mass is 304 g/mol. The van der Waals surface area contributed by atoms with Gasteiger partial charge in [-0.05, 0) is 36.8 Å². The minimum Gasteiger partial charge on any atom is -0.338 e. The SMILES string of the molecule is Cc1cccc2[nH]c(-c3cc(Br)ccc3F)nc12. The van der Waals surface area contributed by atoms with E-state index in [1.807, 2.05) is 25.1 Å². The van der Waals surface area contributed by atoms with E-state index in [1.165, 1.54) is 6.07 Å². The standard InChI is InChI=1S/C14H10BrFN2/c1-8-3-2-4-12-13(8)18-14(17-12)10-7-9(15)5-6-11(10)16/h2-7H,1H3,(H,17,18). The van der Waals surface area contributed by atoms with Gasteiger partial charge in [-0.2, -0.15) is 0 Å². The molecular weight excluding hydrogens is 295 g/mol. The summed E-state index contributed by atoms with van der Waals surface area (Å²) in [6.07, 6.45) is 0. The van der Waals surface area contributed by atoms with Gasteiger partial charge in [0.2, 0.25) is 0 Å². The Morgan fingerprint density at radius 2 is 2.06 bits per heavy atom. The Labute approximate surface area is 112 Å². The van der Waals surface area contributed by atoms with Crippen molar-refractivity contribution in [1.82, 2.24) is 9.97 Å². The quantitative estimate of drug-likeness (QED) is 0.707. The first-order valence-electron chi connectivity index (χ1n) is 5.56. The first-order valence-corrected chi connectivity index (χ1v) is 6.35. The lowest BCUT2D eigenvalue weighted by Crippen LogP contribution is -1.86. The summed E-state index contributed by atoms with van der Waals surface area (Å²) in [5.41, 5.74) is 3.35. The van der Waals surface area contributed by atoms with Gasteiger partial charge in [-0.3, -0.25) is 0 Å². The molecule has 0 aliphatic heterocycles. The van der Waals surface area contributed by atoms with Crippen molar-refractivity contribution in [3.63, 3.8) is 0 Å². The molecule has 0 amide bonds. The highest BCUT2D eigenvalue weighted by Crippen LogP contribution is 2.27. The Kier molecular flexibility index (Phi) is 2.67. The maximum Gasteiger partial charge on any atom is 0.141 e. The smallest absolute Gasteiger partial charge is 0.141 e. The second kappa shape index (κ2) is 4.21. The highest BCUT2D eigenvalue weighted by atomic mass is 79.9. The summed E-state index contributed by atoms with van der Waals surface area (Å²) in [4.78, 5) is 7.62. The molecule has 1 heterocycles. The molecule has 0 unspecified atom stereocenters. The average Bonchev–Trinajstić information content (AvgIpc) is 2.77. The van der Waals surface area contributed by atoms with E-state index in [4.69, 9.17) is 0 Å². The fraction of sp³-hybridized carbons (Fsp3) is 0.0714. The van der Waals surface area contributed by atoms with Gasteiger partial charge in [0.1, 0.15) is 11.6 Å². The van der Waals surface area contributed by atoms with Crippen molar-refractivity contribution in [3.8, 4) is 11.4 Å². The van der Waals surface area contributed by atoms with Crippen LogP contribution in [0.4, 0.5) is 4.39 Å². The Hall–Kier alpha value is -1.68. The van der Waals surface area contributed by atoms with E-state index < -0.39 is 0 Å². The lowest BCUT2D eigenvalue weighted by Gasteiger charge is -1.99. The topological polar surface area (TPSA) is 28.7 Å². The normalized spacial score (nSPS) is 11.1. The number of halogens is 2. The van der Waals surface area contributed by atoms with Crippen molar-refractivity contribution >= 4 is 27.0 Å². The number of aromatic nitrogens is 2. The zero-order valence-corrected chi connectivity index (χ0v) is 11.3. The van der Waals surface area contributed by atoms with E-state index in [1.54, 1.807) is 12.1 Å². The van der Waals surface area contributed by atoms with Crippen LogP contribution in [0.25, 0.3) is 22.4 Å². The van der Waals surface area contributed by atoms with Crippen LogP contribution in [-0.4, -0.2) is 9.97 Å². The van der Waals surface area contributed by atoms with Gasteiger partial charge >= 0.3 is 0 Å². The molecule has 0 aliphatic carbocycles. The molecule has 0 spiro atoms. The molecule has 90 valence electrons. The fourth-order valence-corrected chi connectivity index (χ4v) is 2.34. The van der Waals surface area contributed by atoms with Gasteiger partial charge in [0, 0.05) is 4.47 Å². The van der Waals surface area contributed by atoms with Crippen molar-refractivity contribution in [2.75, 3.05) is 0 Å². The van der Waals surface area contributed by atoms with Crippen LogP contribution >= 0.6 is 15.9 Å². The molecule has 0 fully saturated rings. The molecule has 0 radical (unpaired) electrons. The van der Waals surface area contributed by atoms with Crippen molar-refractivity contribution in [3.05, 3.63) is 52.3 Å². The predicted octanol–water partition coefficient (Wildman–Crippen LogP) is 4.44. The summed E-state index contributed by atoms with van der Waals surface area (Å²) >= 11 is 3.34. The van der Waals surface area contributed by atoms with E-state index in [0.717, 1.165) is 21.1 Å². The van der Waals surface area contributed by atoms with Crippen molar-refractivity contribution < 1.29 is 4.39 Å². The molecule has 18 heavy (non-hydrogen) atoms. The molecule has 1 aromatic heterocycles. The molecule has 0 saturated carbocycles. The first-order chi connectivity index (χ1) is 8.65. The zero-order chi connectivity index (χ0) is 12.7. The van der Waals surface area contributed by atoms with Crippen LogP contribution in [0.5, 0.6) is 0 Å². The van der Waals surface area contributed by atoms with Crippen LogP contribution in [0.3, 0.4) is 0 Å². The third-order valence-corrected chi connectivity index (χ3v) is 3.39. The van der Waals surface area contributed by atoms with Gasteiger partial charge in [0.05, 0.1) is 16.6 Å². The number of hydrogen-bond acceptors (Lipinski definition) is 1. The Bertz CT molecular complexity index is 734. The molecule has 3 aromatic rings. The van der Waals surface area contributed by atoms with E-state index in [0.29, 0.717) is 11.4 Å². The molecule has 3 rings (SSSR count). The number of imidazole rings is 1. The summed E-state index contributed by atoms with van der Waals surface area (Å²) in [5.74, 6) is 0.271. The fourth-order valence-electron chi connectivity index (χ4n) is 1.98. The zero-order valence-electron chi connectivity index (χ0n) is 9.67. The number of rotatable bonds is 1. The minimum absolute atomic E-state index is 0.282. The van der Waals surface area contributed by atoms with Gasteiger partial charge in [0.25, 0.3) is 0 Å². The highest BCUT2D eigenvalue weighted by molar-refractivity contribution is 9.10. The summed E-state index contributed by atoms with van der Waals surface area (Å²) in [6.45, 7) is 1.99. The third-order valence-electron chi connectivity index (χ3n) is 2.90. The molecule has 0 bridgehead atoms. The van der Waals surface area contributed by atoms with Crippen molar-refractivity contribution in [1.29, 1.82) is 0 Å². The Morgan fingerprint density at radius 3 is 2.83 bits per heavy atom. The van der Waals surface area contributed by atoms with Gasteiger partial charge < -0.3 is 4.98 Å². The maximum atomic E-state index is 13.8. The number of benzene rings is 2. The molecule has 1 N–H and O–H groups in total. The summed E-state index contributed by atoms with van der Waals surface area (Å²) < 4.78 is 14.6. The number of aromatic amines is 1. The molecule has 0 aliphatic rings. The summed E-state index contributed by atoms with van der Waals surface area (Å²) in [5, 5.41) is 0. The molecule has 2 aromatic carbocycles. The van der Waals surface area contributed by atoms with Crippen LogP contribution in [0.15, 0.2) is 40.9 Å². The Balaban J connectivity index is 2.26. The predicted molar refractivity (Wildman–Crippen MR) is 73.9 cm³/mol. The van der Waals surface area contributed by atoms with Gasteiger partial charge in [-0.25, -0.2) is 9.37 Å². The maximum absolute atomic E-state index is 13.8. The molecule has 0 saturated heterocycles. The number of fused-ring (bicyclic) bond motifs is 1. The Morgan fingerprint density at radius 1 is 1.22 bits per heavy atom.